The van der Waals surface area contributed by atoms with Crippen molar-refractivity contribution in [3.05, 3.63) is 27.5 Å². The van der Waals surface area contributed by atoms with Gasteiger partial charge >= 0.3 is 0 Å². The van der Waals surface area contributed by atoms with E-state index in [2.05, 4.69) is 44.0 Å². The molecule has 1 aliphatic rings. The summed E-state index contributed by atoms with van der Waals surface area (Å²) in [5.41, 5.74) is -0.174. The zero-order chi connectivity index (χ0) is 14.8. The Morgan fingerprint density at radius 3 is 2.43 bits per heavy atom. The Morgan fingerprint density at radius 2 is 1.86 bits per heavy atom. The van der Waals surface area contributed by atoms with Gasteiger partial charge in [-0.2, -0.15) is 5.10 Å². The molecule has 0 saturated carbocycles. The van der Waals surface area contributed by atoms with E-state index < -0.39 is 0 Å². The minimum Gasteiger partial charge on any atom is -0.352 e. The molecule has 0 atom stereocenters. The van der Waals surface area contributed by atoms with Gasteiger partial charge in [0.2, 0.25) is 5.13 Å². The predicted octanol–water partition coefficient (Wildman–Crippen LogP) is 1.07. The second kappa shape index (κ2) is 5.80. The third-order valence-corrected chi connectivity index (χ3v) is 4.75. The van der Waals surface area contributed by atoms with Crippen molar-refractivity contribution >= 4 is 22.3 Å². The molecule has 7 nitrogen and oxygen atoms in total. The molecule has 0 amide bonds. The first-order chi connectivity index (χ1) is 10.1. The molecular weight excluding hydrogens is 288 g/mol. The maximum Gasteiger partial charge on any atom is 0.264 e. The molecule has 3 rings (SSSR count). The van der Waals surface area contributed by atoms with E-state index in [9.17, 15) is 4.79 Å². The van der Waals surface area contributed by atoms with E-state index in [-0.39, 0.29) is 5.56 Å². The Kier molecular flexibility index (Phi) is 3.87. The molecule has 3 heterocycles. The smallest absolute Gasteiger partial charge is 0.264 e. The molecule has 1 N–H and O–H groups in total. The van der Waals surface area contributed by atoms with E-state index in [4.69, 9.17) is 0 Å². The zero-order valence-corrected chi connectivity index (χ0v) is 12.9. The lowest BCUT2D eigenvalue weighted by atomic mass is 10.2. The third kappa shape index (κ3) is 3.05. The largest absolute Gasteiger partial charge is 0.352 e. The lowest BCUT2D eigenvalue weighted by molar-refractivity contribution is 0.639. The summed E-state index contributed by atoms with van der Waals surface area (Å²) >= 11 is 1.67. The SMILES string of the molecule is CC(C)c1nnc(N2CCN(c3ccc(=O)[nH]n3)CC2)s1. The molecule has 0 bridgehead atoms. The van der Waals surface area contributed by atoms with Gasteiger partial charge in [-0.15, -0.1) is 10.2 Å². The number of H-pyrrole nitrogens is 1. The number of rotatable bonds is 3. The summed E-state index contributed by atoms with van der Waals surface area (Å²) in [7, 11) is 0. The minimum absolute atomic E-state index is 0.174. The zero-order valence-electron chi connectivity index (χ0n) is 12.1. The summed E-state index contributed by atoms with van der Waals surface area (Å²) in [5.74, 6) is 1.23. The molecule has 21 heavy (non-hydrogen) atoms. The highest BCUT2D eigenvalue weighted by Crippen LogP contribution is 2.26. The highest BCUT2D eigenvalue weighted by Gasteiger charge is 2.21. The van der Waals surface area contributed by atoms with Gasteiger partial charge in [-0.05, 0) is 6.07 Å². The average molecular weight is 306 g/mol. The Labute approximate surface area is 126 Å². The van der Waals surface area contributed by atoms with Crippen LogP contribution < -0.4 is 15.4 Å². The van der Waals surface area contributed by atoms with Gasteiger partial charge in [-0.25, -0.2) is 5.10 Å². The Bertz CT molecular complexity index is 638. The second-order valence-corrected chi connectivity index (χ2v) is 6.32. The van der Waals surface area contributed by atoms with Crippen molar-refractivity contribution in [1.29, 1.82) is 0 Å². The van der Waals surface area contributed by atoms with Crippen molar-refractivity contribution in [2.24, 2.45) is 0 Å². The van der Waals surface area contributed by atoms with Crippen molar-refractivity contribution < 1.29 is 0 Å². The fourth-order valence-corrected chi connectivity index (χ4v) is 3.13. The number of aromatic amines is 1. The van der Waals surface area contributed by atoms with Gasteiger partial charge in [0, 0.05) is 38.2 Å². The highest BCUT2D eigenvalue weighted by molar-refractivity contribution is 7.15. The van der Waals surface area contributed by atoms with Crippen molar-refractivity contribution in [2.75, 3.05) is 36.0 Å². The first-order valence-corrected chi connectivity index (χ1v) is 7.84. The Hall–Kier alpha value is -1.96. The quantitative estimate of drug-likeness (QED) is 0.914. The maximum atomic E-state index is 11.0. The van der Waals surface area contributed by atoms with Crippen molar-refractivity contribution in [3.8, 4) is 0 Å². The molecule has 2 aromatic rings. The number of nitrogens with zero attached hydrogens (tertiary/aromatic N) is 5. The van der Waals surface area contributed by atoms with Gasteiger partial charge in [-0.3, -0.25) is 4.79 Å². The first-order valence-electron chi connectivity index (χ1n) is 7.02. The van der Waals surface area contributed by atoms with Crippen LogP contribution in [0.5, 0.6) is 0 Å². The molecule has 1 saturated heterocycles. The predicted molar refractivity (Wildman–Crippen MR) is 83.3 cm³/mol. The van der Waals surface area contributed by atoms with Crippen molar-refractivity contribution in [2.45, 2.75) is 19.8 Å². The molecule has 112 valence electrons. The third-order valence-electron chi connectivity index (χ3n) is 3.46. The van der Waals surface area contributed by atoms with E-state index in [1.165, 1.54) is 6.07 Å². The lowest BCUT2D eigenvalue weighted by Gasteiger charge is -2.34. The summed E-state index contributed by atoms with van der Waals surface area (Å²) in [5, 5.41) is 17.1. The molecular formula is C13H18N6OS. The van der Waals surface area contributed by atoms with Crippen LogP contribution in [0.1, 0.15) is 24.8 Å². The molecule has 0 spiro atoms. The average Bonchev–Trinajstić information content (AvgIpc) is 2.98. The normalized spacial score (nSPS) is 15.8. The van der Waals surface area contributed by atoms with Gasteiger partial charge in [0.1, 0.15) is 10.8 Å². The van der Waals surface area contributed by atoms with Crippen LogP contribution in [0.25, 0.3) is 0 Å². The summed E-state index contributed by atoms with van der Waals surface area (Å²) in [4.78, 5) is 15.5. The topological polar surface area (TPSA) is 78.0 Å². The number of hydrogen-bond acceptors (Lipinski definition) is 7. The number of nitrogens with one attached hydrogen (secondary N) is 1. The second-order valence-electron chi connectivity index (χ2n) is 5.33. The first kappa shape index (κ1) is 14.0. The van der Waals surface area contributed by atoms with E-state index in [0.717, 1.165) is 42.1 Å². The number of aromatic nitrogens is 4. The van der Waals surface area contributed by atoms with Crippen LogP contribution in [-0.2, 0) is 0 Å². The van der Waals surface area contributed by atoms with E-state index >= 15 is 0 Å². The Morgan fingerprint density at radius 1 is 1.14 bits per heavy atom. The molecule has 0 aliphatic carbocycles. The molecule has 8 heteroatoms. The fraction of sp³-hybridized carbons (Fsp3) is 0.538. The van der Waals surface area contributed by atoms with E-state index in [1.807, 2.05) is 0 Å². The van der Waals surface area contributed by atoms with Gasteiger partial charge < -0.3 is 9.80 Å². The lowest BCUT2D eigenvalue weighted by Crippen LogP contribution is -2.47. The number of anilines is 2. The molecule has 1 fully saturated rings. The van der Waals surface area contributed by atoms with E-state index in [1.54, 1.807) is 17.4 Å². The van der Waals surface area contributed by atoms with Crippen LogP contribution >= 0.6 is 11.3 Å². The summed E-state index contributed by atoms with van der Waals surface area (Å²) in [6.45, 7) is 7.74. The summed E-state index contributed by atoms with van der Waals surface area (Å²) < 4.78 is 0. The monoisotopic (exact) mass is 306 g/mol. The molecule has 0 aromatic carbocycles. The van der Waals surface area contributed by atoms with Gasteiger partial charge in [0.25, 0.3) is 5.56 Å². The van der Waals surface area contributed by atoms with Crippen LogP contribution in [-0.4, -0.2) is 46.6 Å². The summed E-state index contributed by atoms with van der Waals surface area (Å²) in [6, 6.07) is 3.27. The number of piperazine rings is 1. The molecule has 2 aromatic heterocycles. The van der Waals surface area contributed by atoms with E-state index in [0.29, 0.717) is 5.92 Å². The standard InChI is InChI=1S/C13H18N6OS/c1-9(2)12-16-17-13(21-12)19-7-5-18(6-8-19)10-3-4-11(20)15-14-10/h3-4,9H,5-8H2,1-2H3,(H,15,20). The van der Waals surface area contributed by atoms with Crippen LogP contribution in [0.15, 0.2) is 16.9 Å². The molecule has 0 radical (unpaired) electrons. The number of hydrogen-bond donors (Lipinski definition) is 1. The van der Waals surface area contributed by atoms with Crippen LogP contribution in [0.3, 0.4) is 0 Å². The van der Waals surface area contributed by atoms with Gasteiger partial charge in [0.05, 0.1) is 0 Å². The fourth-order valence-electron chi connectivity index (χ4n) is 2.23. The minimum atomic E-state index is -0.174. The summed E-state index contributed by atoms with van der Waals surface area (Å²) in [6.07, 6.45) is 0. The Balaban J connectivity index is 1.64. The van der Waals surface area contributed by atoms with Crippen LogP contribution in [0, 0.1) is 0 Å². The van der Waals surface area contributed by atoms with Gasteiger partial charge in [-0.1, -0.05) is 25.2 Å². The molecule has 1 aliphatic heterocycles. The highest BCUT2D eigenvalue weighted by atomic mass is 32.1. The van der Waals surface area contributed by atoms with Crippen LogP contribution in [0.4, 0.5) is 10.9 Å². The molecule has 0 unspecified atom stereocenters. The maximum absolute atomic E-state index is 11.0. The van der Waals surface area contributed by atoms with Crippen LogP contribution in [0.2, 0.25) is 0 Å². The van der Waals surface area contributed by atoms with Crippen molar-refractivity contribution in [3.63, 3.8) is 0 Å². The van der Waals surface area contributed by atoms with Gasteiger partial charge in [0.15, 0.2) is 0 Å². The van der Waals surface area contributed by atoms with Crippen molar-refractivity contribution in [1.82, 2.24) is 20.4 Å².